The van der Waals surface area contributed by atoms with Crippen LogP contribution in [0.3, 0.4) is 0 Å². The Kier molecular flexibility index (Phi) is 5.22. The lowest BCUT2D eigenvalue weighted by molar-refractivity contribution is -0.147. The number of hydrogen-bond acceptors (Lipinski definition) is 4. The van der Waals surface area contributed by atoms with E-state index >= 15 is 0 Å². The van der Waals surface area contributed by atoms with Crippen LogP contribution >= 0.6 is 11.8 Å². The van der Waals surface area contributed by atoms with E-state index in [-0.39, 0.29) is 24.8 Å². The van der Waals surface area contributed by atoms with Gasteiger partial charge in [-0.15, -0.1) is 11.8 Å². The third-order valence-electron chi connectivity index (χ3n) is 2.79. The lowest BCUT2D eigenvalue weighted by atomic mass is 9.96. The normalized spacial score (nSPS) is 19.3. The highest BCUT2D eigenvalue weighted by molar-refractivity contribution is 7.99. The predicted octanol–water partition coefficient (Wildman–Crippen LogP) is 0.525. The van der Waals surface area contributed by atoms with Crippen molar-refractivity contribution in [2.75, 3.05) is 18.2 Å². The summed E-state index contributed by atoms with van der Waals surface area (Å²) in [7, 11) is 0. The van der Waals surface area contributed by atoms with Crippen molar-refractivity contribution in [1.82, 2.24) is 10.2 Å². The topological polar surface area (TPSA) is 86.7 Å². The minimum atomic E-state index is -0.975. The molecule has 108 valence electrons. The first kappa shape index (κ1) is 15.8. The number of carboxylic acids is 1. The van der Waals surface area contributed by atoms with Gasteiger partial charge < -0.3 is 15.3 Å². The number of rotatable bonds is 4. The average Bonchev–Trinajstić information content (AvgIpc) is 2.76. The van der Waals surface area contributed by atoms with Crippen LogP contribution in [-0.2, 0) is 14.4 Å². The van der Waals surface area contributed by atoms with Gasteiger partial charge in [0.05, 0.1) is 5.88 Å². The highest BCUT2D eigenvalue weighted by Crippen LogP contribution is 2.21. The Balaban J connectivity index is 2.40. The highest BCUT2D eigenvalue weighted by Gasteiger charge is 2.34. The lowest BCUT2D eigenvalue weighted by Gasteiger charge is -2.21. The molecule has 0 aromatic rings. The highest BCUT2D eigenvalue weighted by atomic mass is 32.2. The van der Waals surface area contributed by atoms with E-state index in [2.05, 4.69) is 5.32 Å². The number of aliphatic carboxylic acids is 1. The summed E-state index contributed by atoms with van der Waals surface area (Å²) in [6, 6.07) is -0.740. The Hall–Kier alpha value is -1.24. The van der Waals surface area contributed by atoms with Gasteiger partial charge in [0.1, 0.15) is 6.04 Å². The fourth-order valence-corrected chi connectivity index (χ4v) is 2.76. The van der Waals surface area contributed by atoms with Gasteiger partial charge in [-0.2, -0.15) is 0 Å². The van der Waals surface area contributed by atoms with Gasteiger partial charge in [-0.25, -0.2) is 4.79 Å². The Labute approximate surface area is 116 Å². The molecule has 2 N–H and O–H groups in total. The Bertz CT molecular complexity index is 378. The summed E-state index contributed by atoms with van der Waals surface area (Å²) in [4.78, 5) is 35.8. The SMILES string of the molecule is CC(C)(C)C(=O)NCCC(=O)N1CSCC1C(=O)O. The van der Waals surface area contributed by atoms with Crippen molar-refractivity contribution in [3.05, 3.63) is 0 Å². The van der Waals surface area contributed by atoms with Gasteiger partial charge >= 0.3 is 5.97 Å². The molecule has 1 aliphatic heterocycles. The molecule has 6 nitrogen and oxygen atoms in total. The largest absolute Gasteiger partial charge is 0.480 e. The van der Waals surface area contributed by atoms with Gasteiger partial charge in [-0.3, -0.25) is 9.59 Å². The molecular formula is C12H20N2O4S. The van der Waals surface area contributed by atoms with Crippen molar-refractivity contribution in [2.24, 2.45) is 5.41 Å². The number of thioether (sulfide) groups is 1. The van der Waals surface area contributed by atoms with Crippen molar-refractivity contribution in [2.45, 2.75) is 33.2 Å². The maximum absolute atomic E-state index is 11.9. The monoisotopic (exact) mass is 288 g/mol. The molecule has 2 amide bonds. The predicted molar refractivity (Wildman–Crippen MR) is 72.7 cm³/mol. The Morgan fingerprint density at radius 3 is 2.53 bits per heavy atom. The molecule has 1 aliphatic rings. The minimum Gasteiger partial charge on any atom is -0.480 e. The molecule has 1 saturated heterocycles. The summed E-state index contributed by atoms with van der Waals surface area (Å²) < 4.78 is 0. The van der Waals surface area contributed by atoms with E-state index in [0.717, 1.165) is 0 Å². The summed E-state index contributed by atoms with van der Waals surface area (Å²) in [5.74, 6) is -0.493. The number of hydrogen-bond donors (Lipinski definition) is 2. The number of carbonyl (C=O) groups excluding carboxylic acids is 2. The molecule has 1 heterocycles. The van der Waals surface area contributed by atoms with Crippen LogP contribution in [0.25, 0.3) is 0 Å². The molecule has 1 unspecified atom stereocenters. The van der Waals surface area contributed by atoms with Crippen LogP contribution < -0.4 is 5.32 Å². The molecule has 0 aromatic heterocycles. The molecular weight excluding hydrogens is 268 g/mol. The Morgan fingerprint density at radius 2 is 2.00 bits per heavy atom. The van der Waals surface area contributed by atoms with E-state index in [0.29, 0.717) is 11.6 Å². The summed E-state index contributed by atoms with van der Waals surface area (Å²) in [5.41, 5.74) is -0.490. The second-order valence-electron chi connectivity index (χ2n) is 5.47. The van der Waals surface area contributed by atoms with Crippen LogP contribution in [0.5, 0.6) is 0 Å². The molecule has 0 spiro atoms. The molecule has 1 fully saturated rings. The van der Waals surface area contributed by atoms with Crippen molar-refractivity contribution in [3.63, 3.8) is 0 Å². The van der Waals surface area contributed by atoms with Gasteiger partial charge in [0.15, 0.2) is 0 Å². The smallest absolute Gasteiger partial charge is 0.327 e. The molecule has 0 bridgehead atoms. The van der Waals surface area contributed by atoms with Gasteiger partial charge in [-0.05, 0) is 0 Å². The maximum Gasteiger partial charge on any atom is 0.327 e. The maximum atomic E-state index is 11.9. The third-order valence-corrected chi connectivity index (χ3v) is 3.81. The first-order valence-electron chi connectivity index (χ1n) is 6.12. The van der Waals surface area contributed by atoms with E-state index in [4.69, 9.17) is 5.11 Å². The van der Waals surface area contributed by atoms with Crippen molar-refractivity contribution in [1.29, 1.82) is 0 Å². The number of carbonyl (C=O) groups is 3. The number of nitrogens with one attached hydrogen (secondary N) is 1. The molecule has 7 heteroatoms. The molecule has 0 aliphatic carbocycles. The van der Waals surface area contributed by atoms with Gasteiger partial charge in [-0.1, -0.05) is 20.8 Å². The zero-order chi connectivity index (χ0) is 14.6. The first-order chi connectivity index (χ1) is 8.73. The Morgan fingerprint density at radius 1 is 1.37 bits per heavy atom. The van der Waals surface area contributed by atoms with Crippen LogP contribution in [-0.4, -0.2) is 52.0 Å². The van der Waals surface area contributed by atoms with E-state index in [1.54, 1.807) is 20.8 Å². The van der Waals surface area contributed by atoms with Crippen LogP contribution in [0.4, 0.5) is 0 Å². The molecule has 0 radical (unpaired) electrons. The van der Waals surface area contributed by atoms with E-state index in [1.165, 1.54) is 16.7 Å². The number of nitrogens with zero attached hydrogens (tertiary/aromatic N) is 1. The summed E-state index contributed by atoms with van der Waals surface area (Å²) in [6.45, 7) is 5.62. The molecule has 0 saturated carbocycles. The average molecular weight is 288 g/mol. The van der Waals surface area contributed by atoms with Crippen molar-refractivity contribution < 1.29 is 19.5 Å². The van der Waals surface area contributed by atoms with E-state index in [9.17, 15) is 14.4 Å². The standard InChI is InChI=1S/C12H20N2O4S/c1-12(2,3)11(18)13-5-4-9(15)14-7-19-6-8(14)10(16)17/h8H,4-7H2,1-3H3,(H,13,18)(H,16,17). The van der Waals surface area contributed by atoms with Crippen LogP contribution in [0, 0.1) is 5.41 Å². The van der Waals surface area contributed by atoms with Crippen LogP contribution in [0.1, 0.15) is 27.2 Å². The summed E-state index contributed by atoms with van der Waals surface area (Å²) >= 11 is 1.43. The molecule has 1 atom stereocenters. The molecule has 0 aromatic carbocycles. The second-order valence-corrected chi connectivity index (χ2v) is 6.47. The lowest BCUT2D eigenvalue weighted by Crippen LogP contribution is -2.43. The van der Waals surface area contributed by atoms with Crippen LogP contribution in [0.2, 0.25) is 0 Å². The summed E-state index contributed by atoms with van der Waals surface area (Å²) in [6.07, 6.45) is 0.131. The van der Waals surface area contributed by atoms with Crippen molar-refractivity contribution >= 4 is 29.5 Å². The molecule has 1 rings (SSSR count). The van der Waals surface area contributed by atoms with E-state index in [1.807, 2.05) is 0 Å². The minimum absolute atomic E-state index is 0.120. The third kappa shape index (κ3) is 4.41. The van der Waals surface area contributed by atoms with E-state index < -0.39 is 17.4 Å². The van der Waals surface area contributed by atoms with Gasteiger partial charge in [0, 0.05) is 24.1 Å². The van der Waals surface area contributed by atoms with Crippen LogP contribution in [0.15, 0.2) is 0 Å². The van der Waals surface area contributed by atoms with Gasteiger partial charge in [0.2, 0.25) is 11.8 Å². The second kappa shape index (κ2) is 6.27. The summed E-state index contributed by atoms with van der Waals surface area (Å²) in [5, 5.41) is 11.7. The fraction of sp³-hybridized carbons (Fsp3) is 0.750. The quantitative estimate of drug-likeness (QED) is 0.788. The molecule has 19 heavy (non-hydrogen) atoms. The van der Waals surface area contributed by atoms with Gasteiger partial charge in [0.25, 0.3) is 0 Å². The zero-order valence-corrected chi connectivity index (χ0v) is 12.2. The zero-order valence-electron chi connectivity index (χ0n) is 11.4. The fourth-order valence-electron chi connectivity index (χ4n) is 1.58. The first-order valence-corrected chi connectivity index (χ1v) is 7.27. The number of carboxylic acid groups (broad SMARTS) is 1. The number of amides is 2. The van der Waals surface area contributed by atoms with Crippen molar-refractivity contribution in [3.8, 4) is 0 Å².